The number of hydrogen-bond acceptors (Lipinski definition) is 3. The maximum atomic E-state index is 13.0. The van der Waals surface area contributed by atoms with E-state index in [1.165, 1.54) is 35.9 Å². The highest BCUT2D eigenvalue weighted by atomic mass is 32.2. The van der Waals surface area contributed by atoms with Gasteiger partial charge in [-0.2, -0.15) is 13.2 Å². The molecular weight excluding hydrogens is 339 g/mol. The van der Waals surface area contributed by atoms with E-state index in [1.807, 2.05) is 12.1 Å². The Morgan fingerprint density at radius 3 is 2.62 bits per heavy atom. The Morgan fingerprint density at radius 2 is 1.92 bits per heavy atom. The van der Waals surface area contributed by atoms with Crippen LogP contribution in [-0.2, 0) is 11.0 Å². The standard InChI is InChI=1S/C17H14F3NO2S/c1-23-14-8-3-2-7-13(14)16-21(15(22)10-24-16)12-6-4-5-11(9-12)17(18,19)20/h2-9,16H,10H2,1H3/t16-/m0/s1. The molecule has 126 valence electrons. The highest BCUT2D eigenvalue weighted by molar-refractivity contribution is 8.00. The van der Waals surface area contributed by atoms with Crippen molar-refractivity contribution in [1.29, 1.82) is 0 Å². The minimum absolute atomic E-state index is 0.207. The number of hydrogen-bond donors (Lipinski definition) is 0. The molecule has 0 radical (unpaired) electrons. The third-order valence-electron chi connectivity index (χ3n) is 3.72. The van der Waals surface area contributed by atoms with Crippen LogP contribution in [-0.4, -0.2) is 18.8 Å². The molecule has 1 amide bonds. The summed E-state index contributed by atoms with van der Waals surface area (Å²) in [6.07, 6.45) is -4.45. The average molecular weight is 353 g/mol. The first-order valence-electron chi connectivity index (χ1n) is 7.15. The van der Waals surface area contributed by atoms with E-state index in [9.17, 15) is 18.0 Å². The molecule has 1 aliphatic heterocycles. The predicted octanol–water partition coefficient (Wildman–Crippen LogP) is 4.49. The molecule has 0 bridgehead atoms. The van der Waals surface area contributed by atoms with E-state index in [4.69, 9.17) is 4.74 Å². The molecule has 3 rings (SSSR count). The molecule has 1 fully saturated rings. The van der Waals surface area contributed by atoms with Crippen molar-refractivity contribution in [1.82, 2.24) is 0 Å². The fraction of sp³-hybridized carbons (Fsp3) is 0.235. The number of ether oxygens (including phenoxy) is 1. The molecule has 24 heavy (non-hydrogen) atoms. The van der Waals surface area contributed by atoms with Gasteiger partial charge in [-0.3, -0.25) is 9.69 Å². The van der Waals surface area contributed by atoms with Crippen molar-refractivity contribution < 1.29 is 22.7 Å². The van der Waals surface area contributed by atoms with Crippen molar-refractivity contribution in [3.05, 3.63) is 59.7 Å². The van der Waals surface area contributed by atoms with E-state index in [2.05, 4.69) is 0 Å². The Kier molecular flexibility index (Phi) is 4.45. The van der Waals surface area contributed by atoms with E-state index in [-0.39, 0.29) is 17.3 Å². The van der Waals surface area contributed by atoms with Gasteiger partial charge in [-0.05, 0) is 24.3 Å². The molecule has 0 saturated carbocycles. The second-order valence-electron chi connectivity index (χ2n) is 5.22. The minimum Gasteiger partial charge on any atom is -0.496 e. The first-order chi connectivity index (χ1) is 11.4. The van der Waals surface area contributed by atoms with Gasteiger partial charge in [-0.1, -0.05) is 24.3 Å². The largest absolute Gasteiger partial charge is 0.496 e. The second-order valence-corrected chi connectivity index (χ2v) is 6.29. The normalized spacial score (nSPS) is 18.1. The van der Waals surface area contributed by atoms with Gasteiger partial charge in [0, 0.05) is 11.3 Å². The maximum absolute atomic E-state index is 13.0. The number of benzene rings is 2. The summed E-state index contributed by atoms with van der Waals surface area (Å²) in [6.45, 7) is 0. The number of anilines is 1. The maximum Gasteiger partial charge on any atom is 0.416 e. The smallest absolute Gasteiger partial charge is 0.416 e. The Hall–Kier alpha value is -2.15. The highest BCUT2D eigenvalue weighted by Crippen LogP contribution is 2.45. The zero-order chi connectivity index (χ0) is 17.3. The molecule has 1 aliphatic rings. The third kappa shape index (κ3) is 3.08. The second kappa shape index (κ2) is 6.39. The molecule has 7 heteroatoms. The number of carbonyl (C=O) groups excluding carboxylic acids is 1. The molecule has 2 aromatic rings. The topological polar surface area (TPSA) is 29.5 Å². The molecule has 1 saturated heterocycles. The Labute approximate surface area is 141 Å². The van der Waals surface area contributed by atoms with Crippen LogP contribution in [0.25, 0.3) is 0 Å². The van der Waals surface area contributed by atoms with E-state index in [0.717, 1.165) is 17.7 Å². The lowest BCUT2D eigenvalue weighted by Gasteiger charge is -2.26. The van der Waals surface area contributed by atoms with E-state index < -0.39 is 17.1 Å². The van der Waals surface area contributed by atoms with Gasteiger partial charge in [0.1, 0.15) is 11.1 Å². The van der Waals surface area contributed by atoms with Gasteiger partial charge in [-0.25, -0.2) is 0 Å². The summed E-state index contributed by atoms with van der Waals surface area (Å²) in [7, 11) is 1.52. The first-order valence-corrected chi connectivity index (χ1v) is 8.20. The lowest BCUT2D eigenvalue weighted by atomic mass is 10.1. The summed E-state index contributed by atoms with van der Waals surface area (Å²) in [5.41, 5.74) is 0.215. The van der Waals surface area contributed by atoms with Crippen LogP contribution >= 0.6 is 11.8 Å². The number of carbonyl (C=O) groups is 1. The lowest BCUT2D eigenvalue weighted by molar-refractivity contribution is -0.137. The summed E-state index contributed by atoms with van der Waals surface area (Å²) in [5.74, 6) is 0.579. The Morgan fingerprint density at radius 1 is 1.17 bits per heavy atom. The molecule has 0 spiro atoms. The van der Waals surface area contributed by atoms with Gasteiger partial charge in [0.05, 0.1) is 18.4 Å². The summed E-state index contributed by atoms with van der Waals surface area (Å²) >= 11 is 1.36. The van der Waals surface area contributed by atoms with Gasteiger partial charge in [0.2, 0.25) is 5.91 Å². The van der Waals surface area contributed by atoms with Crippen molar-refractivity contribution in [3.8, 4) is 5.75 Å². The van der Waals surface area contributed by atoms with Crippen LogP contribution in [0.5, 0.6) is 5.75 Å². The van der Waals surface area contributed by atoms with Gasteiger partial charge in [-0.15, -0.1) is 11.8 Å². The van der Waals surface area contributed by atoms with Gasteiger partial charge in [0.25, 0.3) is 0 Å². The highest BCUT2D eigenvalue weighted by Gasteiger charge is 2.37. The third-order valence-corrected chi connectivity index (χ3v) is 4.92. The monoisotopic (exact) mass is 353 g/mol. The van der Waals surface area contributed by atoms with Crippen LogP contribution in [0.3, 0.4) is 0 Å². The fourth-order valence-corrected chi connectivity index (χ4v) is 3.84. The average Bonchev–Trinajstić information content (AvgIpc) is 2.95. The van der Waals surface area contributed by atoms with Crippen LogP contribution in [0.15, 0.2) is 48.5 Å². The fourth-order valence-electron chi connectivity index (χ4n) is 2.64. The molecule has 1 heterocycles. The van der Waals surface area contributed by atoms with Crippen molar-refractivity contribution in [2.24, 2.45) is 0 Å². The number of amides is 1. The first kappa shape index (κ1) is 16.7. The number of halogens is 3. The van der Waals surface area contributed by atoms with Gasteiger partial charge in [0.15, 0.2) is 0 Å². The number of methoxy groups -OCH3 is 1. The SMILES string of the molecule is COc1ccccc1[C@@H]1SCC(=O)N1c1cccc(C(F)(F)F)c1. The van der Waals surface area contributed by atoms with E-state index >= 15 is 0 Å². The number of thioether (sulfide) groups is 1. The molecule has 0 unspecified atom stereocenters. The zero-order valence-electron chi connectivity index (χ0n) is 12.7. The number of para-hydroxylation sites is 1. The summed E-state index contributed by atoms with van der Waals surface area (Å²) in [5, 5.41) is -0.419. The quantitative estimate of drug-likeness (QED) is 0.814. The summed E-state index contributed by atoms with van der Waals surface area (Å²) in [4.78, 5) is 13.7. The van der Waals surface area contributed by atoms with E-state index in [0.29, 0.717) is 5.75 Å². The van der Waals surface area contributed by atoms with Crippen LogP contribution in [0.2, 0.25) is 0 Å². The van der Waals surface area contributed by atoms with Crippen molar-refractivity contribution in [2.45, 2.75) is 11.6 Å². The molecule has 3 nitrogen and oxygen atoms in total. The summed E-state index contributed by atoms with van der Waals surface area (Å²) < 4.78 is 44.2. The molecule has 0 N–H and O–H groups in total. The Bertz CT molecular complexity index is 763. The Balaban J connectivity index is 2.03. The van der Waals surface area contributed by atoms with Crippen molar-refractivity contribution in [3.63, 3.8) is 0 Å². The van der Waals surface area contributed by atoms with E-state index in [1.54, 1.807) is 12.1 Å². The molecule has 1 atom stereocenters. The zero-order valence-corrected chi connectivity index (χ0v) is 13.5. The number of rotatable bonds is 3. The molecular formula is C17H14F3NO2S. The molecule has 0 aromatic heterocycles. The lowest BCUT2D eigenvalue weighted by Crippen LogP contribution is -2.28. The van der Waals surface area contributed by atoms with Crippen LogP contribution < -0.4 is 9.64 Å². The van der Waals surface area contributed by atoms with Crippen LogP contribution in [0.1, 0.15) is 16.5 Å². The predicted molar refractivity (Wildman–Crippen MR) is 87.1 cm³/mol. The minimum atomic E-state index is -4.45. The van der Waals surface area contributed by atoms with Crippen LogP contribution in [0.4, 0.5) is 18.9 Å². The number of nitrogens with zero attached hydrogens (tertiary/aromatic N) is 1. The van der Waals surface area contributed by atoms with Crippen LogP contribution in [0, 0.1) is 0 Å². The molecule has 2 aromatic carbocycles. The molecule has 0 aliphatic carbocycles. The number of alkyl halides is 3. The summed E-state index contributed by atoms with van der Waals surface area (Å²) in [6, 6.07) is 12.0. The van der Waals surface area contributed by atoms with Crippen molar-refractivity contribution in [2.75, 3.05) is 17.8 Å². The van der Waals surface area contributed by atoms with Gasteiger partial charge < -0.3 is 4.74 Å². The van der Waals surface area contributed by atoms with Crippen molar-refractivity contribution >= 4 is 23.4 Å². The van der Waals surface area contributed by atoms with Gasteiger partial charge >= 0.3 is 6.18 Å².